The normalized spacial score (nSPS) is 12.3. The van der Waals surface area contributed by atoms with E-state index in [1.54, 1.807) is 0 Å². The Morgan fingerprint density at radius 2 is 0.857 bits per heavy atom. The van der Waals surface area contributed by atoms with Crippen LogP contribution >= 0.6 is 7.92 Å². The van der Waals surface area contributed by atoms with Crippen LogP contribution in [0.3, 0.4) is 0 Å². The molecule has 6 rings (SSSR count). The van der Waals surface area contributed by atoms with Gasteiger partial charge in [0, 0.05) is 11.1 Å². The molecule has 0 amide bonds. The summed E-state index contributed by atoms with van der Waals surface area (Å²) < 4.78 is 0. The van der Waals surface area contributed by atoms with Gasteiger partial charge in [-0.15, -0.1) is 0 Å². The molecule has 1 atom stereocenters. The van der Waals surface area contributed by atoms with Gasteiger partial charge in [-0.3, -0.25) is 0 Å². The second-order valence-electron chi connectivity index (χ2n) is 11.1. The maximum absolute atomic E-state index is 2.49. The summed E-state index contributed by atoms with van der Waals surface area (Å²) in [5.41, 5.74) is 9.49. The summed E-state index contributed by atoms with van der Waals surface area (Å²) in [4.78, 5) is 0. The molecule has 0 saturated carbocycles. The number of rotatable bonds is 9. The average Bonchev–Trinajstić information content (AvgIpc) is 3.06. The van der Waals surface area contributed by atoms with Crippen molar-refractivity contribution in [1.29, 1.82) is 0 Å². The molecule has 6 aromatic carbocycles. The van der Waals surface area contributed by atoms with E-state index in [0.29, 0.717) is 5.66 Å². The third-order valence-electron chi connectivity index (χ3n) is 8.55. The third kappa shape index (κ3) is 5.48. The Labute approximate surface area is 252 Å². The summed E-state index contributed by atoms with van der Waals surface area (Å²) >= 11 is 0. The summed E-state index contributed by atoms with van der Waals surface area (Å²) in [6, 6.07) is 62.4. The van der Waals surface area contributed by atoms with Crippen molar-refractivity contribution >= 4 is 13.2 Å². The Bertz CT molecular complexity index is 1560. The van der Waals surface area contributed by atoms with E-state index in [2.05, 4.69) is 183 Å². The van der Waals surface area contributed by atoms with Gasteiger partial charge in [-0.25, -0.2) is 0 Å². The fourth-order valence-electron chi connectivity index (χ4n) is 6.67. The van der Waals surface area contributed by atoms with Crippen molar-refractivity contribution in [3.8, 4) is 0 Å². The standard InChI is InChI=1S/C41H37P/c1-32-19-18-24-35(39(32)42(2)40(33-20-8-3-9-21-33)34-22-10-4-11-23-34)31-41(36-25-12-5-13-26-36,37-27-14-6-15-28-37)38-29-16-7-17-30-38/h3-30,40H,31H2,1-2H3/t42-/m0/s1. The van der Waals surface area contributed by atoms with Crippen molar-refractivity contribution < 1.29 is 0 Å². The van der Waals surface area contributed by atoms with Crippen molar-refractivity contribution in [2.24, 2.45) is 0 Å². The lowest BCUT2D eigenvalue weighted by Crippen LogP contribution is -2.34. The van der Waals surface area contributed by atoms with E-state index in [1.807, 2.05) is 0 Å². The minimum Gasteiger partial charge on any atom is -0.0657 e. The topological polar surface area (TPSA) is 0 Å². The third-order valence-corrected chi connectivity index (χ3v) is 11.3. The van der Waals surface area contributed by atoms with E-state index >= 15 is 0 Å². The number of hydrogen-bond acceptors (Lipinski definition) is 0. The molecule has 0 aliphatic heterocycles. The summed E-state index contributed by atoms with van der Waals surface area (Å²) in [5, 5.41) is 1.51. The molecule has 0 aliphatic rings. The first-order valence-corrected chi connectivity index (χ1v) is 16.6. The van der Waals surface area contributed by atoms with Crippen molar-refractivity contribution in [3.63, 3.8) is 0 Å². The van der Waals surface area contributed by atoms with E-state index in [0.717, 1.165) is 6.42 Å². The van der Waals surface area contributed by atoms with E-state index in [9.17, 15) is 0 Å². The first-order chi connectivity index (χ1) is 20.7. The fourth-order valence-corrected chi connectivity index (χ4v) is 9.40. The molecule has 0 aromatic heterocycles. The molecule has 0 fully saturated rings. The Morgan fingerprint density at radius 3 is 1.26 bits per heavy atom. The zero-order valence-corrected chi connectivity index (χ0v) is 25.3. The van der Waals surface area contributed by atoms with Crippen molar-refractivity contribution in [2.45, 2.75) is 24.4 Å². The SMILES string of the molecule is Cc1cccc(CC(c2ccccc2)(c2ccccc2)c2ccccc2)c1[P@](C)C(c1ccccc1)c1ccccc1. The molecule has 0 spiro atoms. The monoisotopic (exact) mass is 560 g/mol. The van der Waals surface area contributed by atoms with Crippen LogP contribution in [0.5, 0.6) is 0 Å². The highest BCUT2D eigenvalue weighted by atomic mass is 31.1. The predicted octanol–water partition coefficient (Wildman–Crippen LogP) is 10.1. The van der Waals surface area contributed by atoms with Crippen LogP contribution in [0.4, 0.5) is 0 Å². The van der Waals surface area contributed by atoms with Crippen LogP contribution in [0, 0.1) is 6.92 Å². The first-order valence-electron chi connectivity index (χ1n) is 14.8. The minimum atomic E-state index is -0.593. The maximum Gasteiger partial charge on any atom is 0.0491 e. The van der Waals surface area contributed by atoms with Crippen molar-refractivity contribution in [3.05, 3.63) is 209 Å². The molecule has 0 unspecified atom stereocenters. The molecular formula is C41H37P. The second-order valence-corrected chi connectivity index (χ2v) is 13.3. The number of benzene rings is 6. The zero-order valence-electron chi connectivity index (χ0n) is 24.4. The quantitative estimate of drug-likeness (QED) is 0.122. The van der Waals surface area contributed by atoms with E-state index in [-0.39, 0.29) is 5.41 Å². The van der Waals surface area contributed by atoms with Crippen LogP contribution in [0.1, 0.15) is 44.6 Å². The highest BCUT2D eigenvalue weighted by Crippen LogP contribution is 2.53. The molecule has 0 nitrogen and oxygen atoms in total. The lowest BCUT2D eigenvalue weighted by molar-refractivity contribution is 0.614. The Kier molecular flexibility index (Phi) is 8.45. The van der Waals surface area contributed by atoms with Crippen molar-refractivity contribution in [2.75, 3.05) is 6.66 Å². The van der Waals surface area contributed by atoms with Gasteiger partial charge in [0.15, 0.2) is 0 Å². The smallest absolute Gasteiger partial charge is 0.0491 e. The summed E-state index contributed by atoms with van der Waals surface area (Å²) in [6.45, 7) is 4.79. The van der Waals surface area contributed by atoms with Gasteiger partial charge in [0.25, 0.3) is 0 Å². The second kappa shape index (κ2) is 12.7. The van der Waals surface area contributed by atoms with E-state index < -0.39 is 7.92 Å². The summed E-state index contributed by atoms with van der Waals surface area (Å²) in [5.74, 6) is 0. The van der Waals surface area contributed by atoms with Gasteiger partial charge in [0.1, 0.15) is 0 Å². The van der Waals surface area contributed by atoms with Crippen LogP contribution in [-0.4, -0.2) is 6.66 Å². The van der Waals surface area contributed by atoms with E-state index in [4.69, 9.17) is 0 Å². The Hall–Kier alpha value is -4.25. The van der Waals surface area contributed by atoms with Crippen LogP contribution in [0.15, 0.2) is 170 Å². The molecule has 0 N–H and O–H groups in total. The maximum atomic E-state index is 2.49. The lowest BCUT2D eigenvalue weighted by atomic mass is 9.66. The zero-order chi connectivity index (χ0) is 28.8. The van der Waals surface area contributed by atoms with Gasteiger partial charge in [-0.1, -0.05) is 178 Å². The van der Waals surface area contributed by atoms with Gasteiger partial charge in [0.2, 0.25) is 0 Å². The largest absolute Gasteiger partial charge is 0.0657 e. The van der Waals surface area contributed by atoms with E-state index in [1.165, 1.54) is 44.2 Å². The molecule has 0 radical (unpaired) electrons. The Balaban J connectivity index is 1.57. The molecule has 1 heteroatoms. The van der Waals surface area contributed by atoms with Gasteiger partial charge >= 0.3 is 0 Å². The summed E-state index contributed by atoms with van der Waals surface area (Å²) in [6.07, 6.45) is 0.880. The molecular weight excluding hydrogens is 523 g/mol. The first kappa shape index (κ1) is 27.9. The van der Waals surface area contributed by atoms with Gasteiger partial charge in [0.05, 0.1) is 0 Å². The molecule has 0 aliphatic carbocycles. The van der Waals surface area contributed by atoms with Crippen LogP contribution in [0.25, 0.3) is 0 Å². The van der Waals surface area contributed by atoms with Crippen LogP contribution in [0.2, 0.25) is 0 Å². The average molecular weight is 561 g/mol. The molecule has 0 saturated heterocycles. The molecule has 0 bridgehead atoms. The predicted molar refractivity (Wildman–Crippen MR) is 181 cm³/mol. The summed E-state index contributed by atoms with van der Waals surface area (Å²) in [7, 11) is -0.593. The van der Waals surface area contributed by atoms with Crippen LogP contribution in [-0.2, 0) is 11.8 Å². The minimum absolute atomic E-state index is 0.307. The fraction of sp³-hybridized carbons (Fsp3) is 0.122. The van der Waals surface area contributed by atoms with Gasteiger partial charge < -0.3 is 0 Å². The van der Waals surface area contributed by atoms with Crippen molar-refractivity contribution in [1.82, 2.24) is 0 Å². The highest BCUT2D eigenvalue weighted by Gasteiger charge is 2.38. The molecule has 42 heavy (non-hydrogen) atoms. The highest BCUT2D eigenvalue weighted by molar-refractivity contribution is 7.65. The molecule has 0 heterocycles. The lowest BCUT2D eigenvalue weighted by Gasteiger charge is -2.38. The molecule has 206 valence electrons. The number of hydrogen-bond donors (Lipinski definition) is 0. The Morgan fingerprint density at radius 1 is 0.476 bits per heavy atom. The van der Waals surface area contributed by atoms with Crippen LogP contribution < -0.4 is 5.30 Å². The molecule has 6 aromatic rings. The number of aryl methyl sites for hydroxylation is 1. The van der Waals surface area contributed by atoms with Gasteiger partial charge in [-0.05, 0) is 64.3 Å². The van der Waals surface area contributed by atoms with Gasteiger partial charge in [-0.2, -0.15) is 0 Å².